The second-order valence-electron chi connectivity index (χ2n) is 8.59. The number of fused-ring (bicyclic) bond motifs is 1. The van der Waals surface area contributed by atoms with Gasteiger partial charge < -0.3 is 25.1 Å². The number of aromatic nitrogens is 3. The average molecular weight is 511 g/mol. The molecule has 0 unspecified atom stereocenters. The number of benzene rings is 1. The van der Waals surface area contributed by atoms with E-state index in [-0.39, 0.29) is 19.4 Å². The third-order valence-corrected chi connectivity index (χ3v) is 6.19. The van der Waals surface area contributed by atoms with E-state index in [0.29, 0.717) is 5.56 Å². The summed E-state index contributed by atoms with van der Waals surface area (Å²) in [5, 5.41) is 9.73. The van der Waals surface area contributed by atoms with Gasteiger partial charge >= 0.3 is 11.8 Å². The largest absolute Gasteiger partial charge is 0.447 e. The van der Waals surface area contributed by atoms with Gasteiger partial charge in [-0.25, -0.2) is 9.59 Å². The number of hydrogen-bond acceptors (Lipinski definition) is 7. The molecule has 1 aliphatic rings. The molecule has 14 heteroatoms. The van der Waals surface area contributed by atoms with E-state index in [4.69, 9.17) is 15.0 Å². The number of hydrogen-bond donors (Lipinski definition) is 4. The van der Waals surface area contributed by atoms with Gasteiger partial charge in [-0.2, -0.15) is 0 Å². The fourth-order valence-electron chi connectivity index (χ4n) is 4.27. The molecule has 0 spiro atoms. The van der Waals surface area contributed by atoms with Crippen LogP contribution in [0.1, 0.15) is 23.8 Å². The maximum atomic E-state index is 12.6. The van der Waals surface area contributed by atoms with Crippen LogP contribution in [0.4, 0.5) is 4.79 Å². The summed E-state index contributed by atoms with van der Waals surface area (Å²) in [6, 6.07) is 5.95. The fourth-order valence-corrected chi connectivity index (χ4v) is 4.27. The lowest BCUT2D eigenvalue weighted by Crippen LogP contribution is -2.47. The van der Waals surface area contributed by atoms with Gasteiger partial charge in [0.15, 0.2) is 0 Å². The summed E-state index contributed by atoms with van der Waals surface area (Å²) >= 11 is 0. The Labute approximate surface area is 209 Å². The first-order valence-corrected chi connectivity index (χ1v) is 11.5. The number of nitrogens with one attached hydrogen (secondary N) is 4. The first-order valence-electron chi connectivity index (χ1n) is 11.5. The van der Waals surface area contributed by atoms with Crippen LogP contribution in [0.2, 0.25) is 0 Å². The van der Waals surface area contributed by atoms with E-state index in [9.17, 15) is 19.2 Å². The summed E-state index contributed by atoms with van der Waals surface area (Å²) in [7, 11) is 1.47. The van der Waals surface area contributed by atoms with Gasteiger partial charge in [-0.15, -0.1) is 0 Å². The predicted molar refractivity (Wildman–Crippen MR) is 132 cm³/mol. The van der Waals surface area contributed by atoms with Crippen LogP contribution in [0.3, 0.4) is 0 Å². The summed E-state index contributed by atoms with van der Waals surface area (Å²) in [4.78, 5) is 57.1. The number of rotatable bonds is 8. The Balaban J connectivity index is 1.42. The van der Waals surface area contributed by atoms with E-state index < -0.39 is 47.7 Å². The molecule has 14 nitrogen and oxygen atoms in total. The van der Waals surface area contributed by atoms with Crippen molar-refractivity contribution < 1.29 is 19.1 Å². The van der Waals surface area contributed by atoms with Gasteiger partial charge in [0, 0.05) is 53.7 Å². The zero-order chi connectivity index (χ0) is 26.5. The zero-order valence-electron chi connectivity index (χ0n) is 20.1. The Kier molecular flexibility index (Phi) is 7.60. The highest BCUT2D eigenvalue weighted by Gasteiger charge is 2.37. The lowest BCUT2D eigenvalue weighted by molar-refractivity contribution is -0.122. The van der Waals surface area contributed by atoms with E-state index in [2.05, 4.69) is 30.6 Å². The van der Waals surface area contributed by atoms with Crippen LogP contribution < -0.4 is 21.9 Å². The lowest BCUT2D eigenvalue weighted by Gasteiger charge is -2.19. The number of ether oxygens (including phenoxy) is 2. The standard InChI is InChI=1S/C23H26N8O6/c1-12-10-31(22(34)28-20(12)32)19-8-16(29-30-24)18(37-19)11-36-23(35)27-17(21(33)25-2)7-13-9-26-15-6-4-3-5-14(13)15/h3-6,9-10,16-19,26H,7-8,11H2,1-2H3,(H,25,33)(H,27,35)(H,28,32,34)/t16-,17-,18+,19+/m0/s1. The van der Waals surface area contributed by atoms with E-state index >= 15 is 0 Å². The van der Waals surface area contributed by atoms with Crippen LogP contribution in [0.5, 0.6) is 0 Å². The van der Waals surface area contributed by atoms with Crippen molar-refractivity contribution in [3.05, 3.63) is 79.1 Å². The molecule has 2 amide bonds. The van der Waals surface area contributed by atoms with Crippen molar-refractivity contribution in [3.8, 4) is 0 Å². The molecular weight excluding hydrogens is 484 g/mol. The molecule has 1 saturated heterocycles. The molecule has 194 valence electrons. The number of para-hydroxylation sites is 1. The Hall–Kier alpha value is -4.55. The molecule has 1 aliphatic heterocycles. The number of azide groups is 1. The highest BCUT2D eigenvalue weighted by molar-refractivity contribution is 5.88. The number of H-pyrrole nitrogens is 2. The molecule has 4 atom stereocenters. The smallest absolute Gasteiger partial charge is 0.407 e. The third kappa shape index (κ3) is 5.66. The summed E-state index contributed by atoms with van der Waals surface area (Å²) in [5.74, 6) is -0.404. The maximum Gasteiger partial charge on any atom is 0.407 e. The Morgan fingerprint density at radius 2 is 2.14 bits per heavy atom. The Morgan fingerprint density at radius 1 is 1.35 bits per heavy atom. The minimum atomic E-state index is -0.912. The van der Waals surface area contributed by atoms with E-state index in [0.717, 1.165) is 16.5 Å². The third-order valence-electron chi connectivity index (χ3n) is 6.19. The highest BCUT2D eigenvalue weighted by Crippen LogP contribution is 2.30. The van der Waals surface area contributed by atoms with Gasteiger partial charge in [0.05, 0.1) is 6.04 Å². The Morgan fingerprint density at radius 3 is 2.89 bits per heavy atom. The van der Waals surface area contributed by atoms with Gasteiger partial charge in [0.1, 0.15) is 25.0 Å². The van der Waals surface area contributed by atoms with E-state index in [1.54, 1.807) is 13.1 Å². The second-order valence-corrected chi connectivity index (χ2v) is 8.59. The molecule has 0 saturated carbocycles. The van der Waals surface area contributed by atoms with Crippen molar-refractivity contribution in [1.82, 2.24) is 25.2 Å². The van der Waals surface area contributed by atoms with Gasteiger partial charge in [-0.05, 0) is 24.1 Å². The number of carbonyl (C=O) groups excluding carboxylic acids is 2. The zero-order valence-corrected chi connectivity index (χ0v) is 20.1. The van der Waals surface area contributed by atoms with Crippen molar-refractivity contribution in [2.45, 2.75) is 44.2 Å². The Bertz CT molecular complexity index is 1470. The van der Waals surface area contributed by atoms with Crippen molar-refractivity contribution in [2.24, 2.45) is 5.11 Å². The monoisotopic (exact) mass is 510 g/mol. The molecule has 3 aromatic rings. The molecule has 0 aliphatic carbocycles. The van der Waals surface area contributed by atoms with Crippen molar-refractivity contribution >= 4 is 22.9 Å². The minimum Gasteiger partial charge on any atom is -0.447 e. The lowest BCUT2D eigenvalue weighted by atomic mass is 10.0. The van der Waals surface area contributed by atoms with Crippen molar-refractivity contribution in [2.75, 3.05) is 13.7 Å². The maximum absolute atomic E-state index is 12.6. The van der Waals surface area contributed by atoms with Crippen LogP contribution in [0, 0.1) is 6.92 Å². The van der Waals surface area contributed by atoms with Gasteiger partial charge in [0.25, 0.3) is 5.56 Å². The van der Waals surface area contributed by atoms with E-state index in [1.807, 2.05) is 24.3 Å². The quantitative estimate of drug-likeness (QED) is 0.200. The molecular formula is C23H26N8O6. The number of alkyl carbamates (subject to hydrolysis) is 1. The predicted octanol–water partition coefficient (Wildman–Crippen LogP) is 1.38. The van der Waals surface area contributed by atoms with Crippen LogP contribution >= 0.6 is 0 Å². The topological polar surface area (TPSA) is 196 Å². The normalized spacial score (nSPS) is 19.7. The van der Waals surface area contributed by atoms with Crippen molar-refractivity contribution in [3.63, 3.8) is 0 Å². The second kappa shape index (κ2) is 11.0. The molecule has 1 aromatic carbocycles. The van der Waals surface area contributed by atoms with Gasteiger partial charge in [-0.1, -0.05) is 23.3 Å². The minimum absolute atomic E-state index is 0.131. The fraction of sp³-hybridized carbons (Fsp3) is 0.391. The first kappa shape index (κ1) is 25.5. The molecule has 4 N–H and O–H groups in total. The van der Waals surface area contributed by atoms with E-state index in [1.165, 1.54) is 17.8 Å². The molecule has 1 fully saturated rings. The average Bonchev–Trinajstić information content (AvgIpc) is 3.48. The van der Waals surface area contributed by atoms with Crippen LogP contribution in [0.15, 0.2) is 51.4 Å². The van der Waals surface area contributed by atoms with Crippen molar-refractivity contribution in [1.29, 1.82) is 0 Å². The summed E-state index contributed by atoms with van der Waals surface area (Å²) in [6.45, 7) is 1.25. The molecule has 0 radical (unpaired) electrons. The SMILES string of the molecule is CNC(=O)[C@H](Cc1c[nH]c2ccccc12)NC(=O)OC[C@H]1O[C@@H](n2cc(C)c(=O)[nH]c2=O)C[C@@H]1N=[N+]=[N-]. The number of amides is 2. The molecule has 3 heterocycles. The molecule has 2 aromatic heterocycles. The summed E-state index contributed by atoms with van der Waals surface area (Å²) in [5.41, 5.74) is 9.80. The molecule has 4 rings (SSSR count). The number of aryl methyl sites for hydroxylation is 1. The molecule has 37 heavy (non-hydrogen) atoms. The van der Waals surface area contributed by atoms with Crippen LogP contribution in [-0.4, -0.2) is 58.4 Å². The summed E-state index contributed by atoms with van der Waals surface area (Å²) < 4.78 is 12.3. The summed E-state index contributed by atoms with van der Waals surface area (Å²) in [6.07, 6.45) is 0.938. The number of carbonyl (C=O) groups is 2. The van der Waals surface area contributed by atoms with Gasteiger partial charge in [0.2, 0.25) is 5.91 Å². The van der Waals surface area contributed by atoms with Gasteiger partial charge in [-0.3, -0.25) is 19.1 Å². The number of likely N-dealkylation sites (N-methyl/N-ethyl adjacent to an activating group) is 1. The number of nitrogens with zero attached hydrogens (tertiary/aromatic N) is 4. The molecule has 0 bridgehead atoms. The highest BCUT2D eigenvalue weighted by atomic mass is 16.6. The van der Waals surface area contributed by atoms with Crippen LogP contribution in [-0.2, 0) is 20.7 Å². The van der Waals surface area contributed by atoms with Crippen LogP contribution in [0.25, 0.3) is 21.3 Å². The number of aromatic amines is 2. The first-order chi connectivity index (χ1) is 17.8.